The Labute approximate surface area is 63.7 Å². The van der Waals surface area contributed by atoms with Gasteiger partial charge in [0.15, 0.2) is 0 Å². The van der Waals surface area contributed by atoms with Gasteiger partial charge in [-0.25, -0.2) is 4.39 Å². The Bertz CT molecular complexity index is 296. The summed E-state index contributed by atoms with van der Waals surface area (Å²) in [7, 11) is 0. The molecule has 0 fully saturated rings. The van der Waals surface area contributed by atoms with Gasteiger partial charge in [0.1, 0.15) is 0 Å². The maximum Gasteiger partial charge on any atom is 0.210 e. The maximum atomic E-state index is 13.0. The third-order valence-electron chi connectivity index (χ3n) is 1.66. The lowest BCUT2D eigenvalue weighted by atomic mass is 10.1. The highest BCUT2D eigenvalue weighted by Gasteiger charge is 2.14. The van der Waals surface area contributed by atoms with Crippen molar-refractivity contribution in [1.29, 1.82) is 0 Å². The Kier molecular flexibility index (Phi) is 1.35. The number of rotatable bonds is 0. The summed E-state index contributed by atoms with van der Waals surface area (Å²) in [5.74, 6) is 0. The van der Waals surface area contributed by atoms with Crippen LogP contribution in [0.15, 0.2) is 29.4 Å². The summed E-state index contributed by atoms with van der Waals surface area (Å²) < 4.78 is 13.0. The fourth-order valence-corrected chi connectivity index (χ4v) is 1.10. The number of nitrogens with zero attached hydrogens (tertiary/aromatic N) is 1. The fraction of sp³-hybridized carbons (Fsp3) is 0.125. The second kappa shape index (κ2) is 2.34. The first-order valence-electron chi connectivity index (χ1n) is 3.39. The van der Waals surface area contributed by atoms with Crippen LogP contribution in [0.4, 0.5) is 4.39 Å². The third-order valence-corrected chi connectivity index (χ3v) is 1.66. The van der Waals surface area contributed by atoms with E-state index < -0.39 is 6.30 Å². The van der Waals surface area contributed by atoms with Crippen LogP contribution in [0.3, 0.4) is 0 Å². The quantitative estimate of drug-likeness (QED) is 0.558. The van der Waals surface area contributed by atoms with E-state index in [0.717, 1.165) is 5.56 Å². The van der Waals surface area contributed by atoms with Gasteiger partial charge >= 0.3 is 0 Å². The first-order valence-corrected chi connectivity index (χ1v) is 3.39. The molecule has 11 heavy (non-hydrogen) atoms. The molecule has 1 unspecified atom stereocenters. The molecule has 0 radical (unpaired) electrons. The SMILES string of the molecule is FC1NN=Cc2ccccc21. The van der Waals surface area contributed by atoms with Gasteiger partial charge in [-0.2, -0.15) is 5.10 Å². The Hall–Kier alpha value is -1.38. The molecule has 0 aromatic heterocycles. The molecule has 1 aromatic carbocycles. The third kappa shape index (κ3) is 0.981. The Morgan fingerprint density at radius 2 is 2.18 bits per heavy atom. The van der Waals surface area contributed by atoms with Crippen LogP contribution in [0.5, 0.6) is 0 Å². The molecule has 1 aliphatic rings. The number of nitrogens with one attached hydrogen (secondary N) is 1. The number of fused-ring (bicyclic) bond motifs is 1. The van der Waals surface area contributed by atoms with E-state index >= 15 is 0 Å². The summed E-state index contributed by atoms with van der Waals surface area (Å²) in [5, 5.41) is 3.65. The minimum absolute atomic E-state index is 0.655. The second-order valence-corrected chi connectivity index (χ2v) is 2.38. The van der Waals surface area contributed by atoms with E-state index in [1.54, 1.807) is 12.3 Å². The topological polar surface area (TPSA) is 24.4 Å². The van der Waals surface area contributed by atoms with E-state index in [4.69, 9.17) is 0 Å². The smallest absolute Gasteiger partial charge is 0.210 e. The molecule has 1 atom stereocenters. The van der Waals surface area contributed by atoms with Crippen LogP contribution in [-0.4, -0.2) is 6.21 Å². The highest BCUT2D eigenvalue weighted by molar-refractivity contribution is 5.82. The Balaban J connectivity index is 2.54. The Morgan fingerprint density at radius 3 is 3.00 bits per heavy atom. The molecule has 0 aliphatic carbocycles. The fourth-order valence-electron chi connectivity index (χ4n) is 1.10. The molecule has 2 nitrogen and oxygen atoms in total. The van der Waals surface area contributed by atoms with Crippen molar-refractivity contribution in [2.45, 2.75) is 6.30 Å². The molecule has 0 amide bonds. The predicted octanol–water partition coefficient (Wildman–Crippen LogP) is 1.59. The summed E-state index contributed by atoms with van der Waals surface area (Å²) in [4.78, 5) is 0. The molecule has 1 aliphatic heterocycles. The summed E-state index contributed by atoms with van der Waals surface area (Å²) in [5.41, 5.74) is 3.84. The molecule has 1 heterocycles. The molecule has 3 heteroatoms. The number of hydrogen-bond acceptors (Lipinski definition) is 2. The average molecular weight is 150 g/mol. The van der Waals surface area contributed by atoms with Crippen LogP contribution in [-0.2, 0) is 0 Å². The molecule has 0 saturated carbocycles. The van der Waals surface area contributed by atoms with Crippen molar-refractivity contribution in [3.05, 3.63) is 35.4 Å². The van der Waals surface area contributed by atoms with E-state index in [-0.39, 0.29) is 0 Å². The monoisotopic (exact) mass is 150 g/mol. The molecule has 2 rings (SSSR count). The lowest BCUT2D eigenvalue weighted by molar-refractivity contribution is 0.283. The van der Waals surface area contributed by atoms with Crippen LogP contribution in [0, 0.1) is 0 Å². The maximum absolute atomic E-state index is 13.0. The highest BCUT2D eigenvalue weighted by Crippen LogP contribution is 2.20. The standard InChI is InChI=1S/C8H7FN2/c9-8-7-4-2-1-3-6(7)5-10-11-8/h1-5,8,11H. The van der Waals surface area contributed by atoms with Crippen molar-refractivity contribution in [1.82, 2.24) is 5.43 Å². The molecule has 0 spiro atoms. The van der Waals surface area contributed by atoms with Crippen molar-refractivity contribution in [3.63, 3.8) is 0 Å². The zero-order valence-corrected chi connectivity index (χ0v) is 5.79. The van der Waals surface area contributed by atoms with Gasteiger partial charge in [0, 0.05) is 11.1 Å². The normalized spacial score (nSPS) is 20.6. The number of halogens is 1. The van der Waals surface area contributed by atoms with E-state index in [1.807, 2.05) is 18.2 Å². The van der Waals surface area contributed by atoms with E-state index in [0.29, 0.717) is 5.56 Å². The summed E-state index contributed by atoms with van der Waals surface area (Å²) in [6.07, 6.45) is 0.460. The van der Waals surface area contributed by atoms with Crippen LogP contribution in [0.1, 0.15) is 17.4 Å². The van der Waals surface area contributed by atoms with E-state index in [9.17, 15) is 4.39 Å². The summed E-state index contributed by atoms with van der Waals surface area (Å²) >= 11 is 0. The van der Waals surface area contributed by atoms with Crippen LogP contribution in [0.25, 0.3) is 0 Å². The summed E-state index contributed by atoms with van der Waals surface area (Å²) in [6, 6.07) is 7.26. The number of hydrazone groups is 1. The molecular weight excluding hydrogens is 143 g/mol. The lowest BCUT2D eigenvalue weighted by Crippen LogP contribution is -2.17. The minimum atomic E-state index is -1.16. The largest absolute Gasteiger partial charge is 0.273 e. The first-order chi connectivity index (χ1) is 5.38. The van der Waals surface area contributed by atoms with Crippen LogP contribution in [0.2, 0.25) is 0 Å². The second-order valence-electron chi connectivity index (χ2n) is 2.38. The van der Waals surface area contributed by atoms with Crippen LogP contribution >= 0.6 is 0 Å². The highest BCUT2D eigenvalue weighted by atomic mass is 19.1. The molecular formula is C8H7FN2. The number of alkyl halides is 1. The zero-order chi connectivity index (χ0) is 7.68. The summed E-state index contributed by atoms with van der Waals surface area (Å²) in [6.45, 7) is 0. The number of hydrogen-bond donors (Lipinski definition) is 1. The van der Waals surface area contributed by atoms with Gasteiger partial charge in [0.25, 0.3) is 0 Å². The van der Waals surface area contributed by atoms with Crippen molar-refractivity contribution >= 4 is 6.21 Å². The molecule has 0 bridgehead atoms. The lowest BCUT2D eigenvalue weighted by Gasteiger charge is -2.14. The molecule has 56 valence electrons. The molecule has 1 N–H and O–H groups in total. The predicted molar refractivity (Wildman–Crippen MR) is 41.0 cm³/mol. The molecule has 0 saturated heterocycles. The van der Waals surface area contributed by atoms with Crippen molar-refractivity contribution in [2.75, 3.05) is 0 Å². The van der Waals surface area contributed by atoms with Gasteiger partial charge in [-0.3, -0.25) is 5.43 Å². The van der Waals surface area contributed by atoms with E-state index in [2.05, 4.69) is 10.5 Å². The zero-order valence-electron chi connectivity index (χ0n) is 5.79. The van der Waals surface area contributed by atoms with Crippen molar-refractivity contribution < 1.29 is 4.39 Å². The van der Waals surface area contributed by atoms with Gasteiger partial charge in [-0.05, 0) is 0 Å². The van der Waals surface area contributed by atoms with Crippen molar-refractivity contribution in [3.8, 4) is 0 Å². The minimum Gasteiger partial charge on any atom is -0.273 e. The van der Waals surface area contributed by atoms with Crippen LogP contribution < -0.4 is 5.43 Å². The first kappa shape index (κ1) is 6.34. The van der Waals surface area contributed by atoms with Gasteiger partial charge in [-0.15, -0.1) is 0 Å². The van der Waals surface area contributed by atoms with Gasteiger partial charge in [0.2, 0.25) is 6.30 Å². The van der Waals surface area contributed by atoms with E-state index in [1.165, 1.54) is 0 Å². The molecule has 1 aromatic rings. The van der Waals surface area contributed by atoms with Gasteiger partial charge < -0.3 is 0 Å². The Morgan fingerprint density at radius 1 is 1.36 bits per heavy atom. The average Bonchev–Trinajstić information content (AvgIpc) is 2.06. The van der Waals surface area contributed by atoms with Gasteiger partial charge in [0.05, 0.1) is 6.21 Å². The number of benzene rings is 1. The van der Waals surface area contributed by atoms with Gasteiger partial charge in [-0.1, -0.05) is 24.3 Å². The van der Waals surface area contributed by atoms with Crippen molar-refractivity contribution in [2.24, 2.45) is 5.10 Å².